The molecule has 0 saturated carbocycles. The molecule has 1 aromatic heterocycles. The molecule has 0 saturated heterocycles. The molecule has 7 nitrogen and oxygen atoms in total. The van der Waals surface area contributed by atoms with Gasteiger partial charge in [-0.15, -0.1) is 0 Å². The van der Waals surface area contributed by atoms with Gasteiger partial charge in [-0.05, 0) is 33.8 Å². The van der Waals surface area contributed by atoms with Gasteiger partial charge in [0.15, 0.2) is 0 Å². The van der Waals surface area contributed by atoms with Crippen LogP contribution in [0.1, 0.15) is 38.2 Å². The third kappa shape index (κ3) is 5.76. The molecule has 0 bridgehead atoms. The van der Waals surface area contributed by atoms with E-state index in [1.54, 1.807) is 37.6 Å². The number of aromatic nitrogens is 1. The van der Waals surface area contributed by atoms with Crippen molar-refractivity contribution >= 4 is 17.7 Å². The average molecular weight is 296 g/mol. The van der Waals surface area contributed by atoms with Gasteiger partial charge in [0.25, 0.3) is 5.91 Å². The van der Waals surface area contributed by atoms with E-state index in [0.29, 0.717) is 31.0 Å². The molecule has 0 unspecified atom stereocenters. The minimum absolute atomic E-state index is 0.223. The predicted molar refractivity (Wildman–Crippen MR) is 81.1 cm³/mol. The van der Waals surface area contributed by atoms with Crippen molar-refractivity contribution in [3.63, 3.8) is 0 Å². The van der Waals surface area contributed by atoms with Gasteiger partial charge in [-0.25, -0.2) is 4.79 Å². The van der Waals surface area contributed by atoms with Crippen molar-refractivity contribution in [2.45, 2.75) is 39.8 Å². The first-order valence-corrected chi connectivity index (χ1v) is 6.93. The summed E-state index contributed by atoms with van der Waals surface area (Å²) in [5.41, 5.74) is 6.19. The number of rotatable bonds is 5. The molecule has 0 fully saturated rings. The molecule has 0 radical (unpaired) electrons. The van der Waals surface area contributed by atoms with Crippen molar-refractivity contribution in [2.75, 3.05) is 18.8 Å². The molecule has 1 heterocycles. The zero-order valence-electron chi connectivity index (χ0n) is 13.0. The minimum atomic E-state index is -0.535. The number of nitrogens with one attached hydrogen (secondary N) is 2. The van der Waals surface area contributed by atoms with Crippen LogP contribution in [0.3, 0.4) is 0 Å². The monoisotopic (exact) mass is 296 g/mol. The van der Waals surface area contributed by atoms with Crippen LogP contribution in [-0.2, 0) is 11.3 Å². The first-order valence-electron chi connectivity index (χ1n) is 6.93. The maximum atomic E-state index is 12.0. The zero-order valence-corrected chi connectivity index (χ0v) is 13.0. The van der Waals surface area contributed by atoms with Crippen molar-refractivity contribution in [1.29, 1.82) is 0 Å². The smallest absolute Gasteiger partial charge is 0.407 e. The number of aryl methyl sites for hydroxylation is 1. The lowest BCUT2D eigenvalue weighted by Crippen LogP contribution is -2.38. The topological polar surface area (TPSA) is 98.4 Å². The summed E-state index contributed by atoms with van der Waals surface area (Å²) in [4.78, 5) is 23.4. The second kappa shape index (κ2) is 7.01. The van der Waals surface area contributed by atoms with E-state index in [-0.39, 0.29) is 5.91 Å². The fourth-order valence-electron chi connectivity index (χ4n) is 1.73. The normalized spacial score (nSPS) is 11.0. The lowest BCUT2D eigenvalue weighted by atomic mass is 10.2. The Hall–Kier alpha value is -2.18. The fraction of sp³-hybridized carbons (Fsp3) is 0.571. The summed E-state index contributed by atoms with van der Waals surface area (Å²) >= 11 is 0. The number of anilines is 1. The van der Waals surface area contributed by atoms with Crippen molar-refractivity contribution in [3.8, 4) is 0 Å². The van der Waals surface area contributed by atoms with Gasteiger partial charge in [-0.2, -0.15) is 0 Å². The summed E-state index contributed by atoms with van der Waals surface area (Å²) in [6, 6.07) is 1.63. The van der Waals surface area contributed by atoms with Gasteiger partial charge in [-0.3, -0.25) is 4.79 Å². The third-order valence-corrected chi connectivity index (χ3v) is 2.57. The van der Waals surface area contributed by atoms with E-state index in [1.165, 1.54) is 0 Å². The van der Waals surface area contributed by atoms with E-state index in [4.69, 9.17) is 10.5 Å². The van der Waals surface area contributed by atoms with Gasteiger partial charge < -0.3 is 25.7 Å². The van der Waals surface area contributed by atoms with Crippen LogP contribution in [0.5, 0.6) is 0 Å². The van der Waals surface area contributed by atoms with Crippen LogP contribution in [0, 0.1) is 0 Å². The molecule has 7 heteroatoms. The van der Waals surface area contributed by atoms with Crippen LogP contribution < -0.4 is 16.4 Å². The third-order valence-electron chi connectivity index (χ3n) is 2.57. The maximum Gasteiger partial charge on any atom is 0.407 e. The summed E-state index contributed by atoms with van der Waals surface area (Å²) in [5, 5.41) is 5.29. The predicted octanol–water partition coefficient (Wildman–Crippen LogP) is 1.34. The van der Waals surface area contributed by atoms with Crippen LogP contribution in [0.2, 0.25) is 0 Å². The van der Waals surface area contributed by atoms with Crippen LogP contribution in [-0.4, -0.2) is 35.3 Å². The maximum absolute atomic E-state index is 12.0. The summed E-state index contributed by atoms with van der Waals surface area (Å²) in [6.07, 6.45) is 1.21. The average Bonchev–Trinajstić information content (AvgIpc) is 2.73. The van der Waals surface area contributed by atoms with Crippen molar-refractivity contribution in [3.05, 3.63) is 18.0 Å². The molecule has 118 valence electrons. The molecule has 1 aromatic rings. The molecule has 0 aliphatic rings. The van der Waals surface area contributed by atoms with Crippen LogP contribution in [0.25, 0.3) is 0 Å². The largest absolute Gasteiger partial charge is 0.444 e. The van der Waals surface area contributed by atoms with Gasteiger partial charge in [0.05, 0.1) is 5.69 Å². The summed E-state index contributed by atoms with van der Waals surface area (Å²) in [7, 11) is 0. The molecule has 0 spiro atoms. The number of alkyl carbamates (subject to hydrolysis) is 1. The van der Waals surface area contributed by atoms with Crippen molar-refractivity contribution in [1.82, 2.24) is 15.2 Å². The Bertz CT molecular complexity index is 503. The lowest BCUT2D eigenvalue weighted by molar-refractivity contribution is 0.0526. The highest BCUT2D eigenvalue weighted by Gasteiger charge is 2.16. The Morgan fingerprint density at radius 3 is 2.48 bits per heavy atom. The number of ether oxygens (including phenoxy) is 1. The number of hydrogen-bond acceptors (Lipinski definition) is 4. The van der Waals surface area contributed by atoms with E-state index >= 15 is 0 Å². The number of nitrogen functional groups attached to an aromatic ring is 1. The second-order valence-corrected chi connectivity index (χ2v) is 5.63. The van der Waals surface area contributed by atoms with Crippen molar-refractivity contribution in [2.24, 2.45) is 0 Å². The van der Waals surface area contributed by atoms with Crippen LogP contribution in [0.15, 0.2) is 12.3 Å². The van der Waals surface area contributed by atoms with E-state index in [9.17, 15) is 9.59 Å². The van der Waals surface area contributed by atoms with Gasteiger partial charge in [0.1, 0.15) is 11.3 Å². The lowest BCUT2D eigenvalue weighted by Gasteiger charge is -2.19. The highest BCUT2D eigenvalue weighted by molar-refractivity contribution is 5.93. The standard InChI is InChI=1S/C14H24N4O3/c1-5-18-9-10(15)8-11(18)12(19)16-6-7-17-13(20)21-14(2,3)4/h8-9H,5-7,15H2,1-4H3,(H,16,19)(H,17,20). The molecule has 0 aromatic carbocycles. The Morgan fingerprint density at radius 1 is 1.29 bits per heavy atom. The van der Waals surface area contributed by atoms with Gasteiger partial charge in [-0.1, -0.05) is 0 Å². The number of amides is 2. The first kappa shape index (κ1) is 16.9. The molecular formula is C14H24N4O3. The molecule has 21 heavy (non-hydrogen) atoms. The highest BCUT2D eigenvalue weighted by Crippen LogP contribution is 2.10. The Morgan fingerprint density at radius 2 is 1.90 bits per heavy atom. The number of nitrogens with two attached hydrogens (primary N) is 1. The summed E-state index contributed by atoms with van der Waals surface area (Å²) in [5.74, 6) is -0.223. The Kier molecular flexibility index (Phi) is 5.63. The quantitative estimate of drug-likeness (QED) is 0.714. The zero-order chi connectivity index (χ0) is 16.0. The Labute approximate surface area is 124 Å². The highest BCUT2D eigenvalue weighted by atomic mass is 16.6. The molecule has 0 atom stereocenters. The van der Waals surface area contributed by atoms with Gasteiger partial charge >= 0.3 is 6.09 Å². The molecule has 1 rings (SSSR count). The number of hydrogen-bond donors (Lipinski definition) is 3. The minimum Gasteiger partial charge on any atom is -0.444 e. The summed E-state index contributed by atoms with van der Waals surface area (Å²) in [6.45, 7) is 8.57. The van der Waals surface area contributed by atoms with E-state index in [0.717, 1.165) is 0 Å². The number of carbonyl (C=O) groups excluding carboxylic acids is 2. The Balaban J connectivity index is 2.36. The van der Waals surface area contributed by atoms with Gasteiger partial charge in [0, 0.05) is 25.8 Å². The number of carbonyl (C=O) groups is 2. The molecular weight excluding hydrogens is 272 g/mol. The number of nitrogens with zero attached hydrogens (tertiary/aromatic N) is 1. The molecule has 2 amide bonds. The van der Waals surface area contributed by atoms with Crippen LogP contribution in [0.4, 0.5) is 10.5 Å². The molecule has 0 aliphatic carbocycles. The summed E-state index contributed by atoms with van der Waals surface area (Å²) < 4.78 is 6.86. The molecule has 4 N–H and O–H groups in total. The first-order chi connectivity index (χ1) is 9.73. The van der Waals surface area contributed by atoms with E-state index in [2.05, 4.69) is 10.6 Å². The van der Waals surface area contributed by atoms with E-state index in [1.807, 2.05) is 6.92 Å². The molecule has 0 aliphatic heterocycles. The van der Waals surface area contributed by atoms with Crippen LogP contribution >= 0.6 is 0 Å². The fourth-order valence-corrected chi connectivity index (χ4v) is 1.73. The van der Waals surface area contributed by atoms with Crippen molar-refractivity contribution < 1.29 is 14.3 Å². The SMILES string of the molecule is CCn1cc(N)cc1C(=O)NCCNC(=O)OC(C)(C)C. The van der Waals surface area contributed by atoms with E-state index < -0.39 is 11.7 Å². The van der Waals surface area contributed by atoms with Gasteiger partial charge in [0.2, 0.25) is 0 Å². The second-order valence-electron chi connectivity index (χ2n) is 5.63.